The molecular formula is C16H11BrClN3O3. The normalized spacial score (nSPS) is 10.6. The smallest absolute Gasteiger partial charge is 0.339 e. The molecule has 3 rings (SSSR count). The fourth-order valence-corrected chi connectivity index (χ4v) is 2.81. The molecule has 0 radical (unpaired) electrons. The van der Waals surface area contributed by atoms with Gasteiger partial charge in [-0.1, -0.05) is 27.5 Å². The number of hydrogen-bond acceptors (Lipinski definition) is 5. The summed E-state index contributed by atoms with van der Waals surface area (Å²) in [5.41, 5.74) is 1.24. The second-order valence-corrected chi connectivity index (χ2v) is 6.17. The molecule has 0 aliphatic heterocycles. The first-order valence-electron chi connectivity index (χ1n) is 6.77. The van der Waals surface area contributed by atoms with Gasteiger partial charge in [-0.15, -0.1) is 0 Å². The number of halogens is 2. The average molecular weight is 409 g/mol. The van der Waals surface area contributed by atoms with Gasteiger partial charge in [0.25, 0.3) is 0 Å². The second kappa shape index (κ2) is 6.62. The second-order valence-electron chi connectivity index (χ2n) is 4.85. The van der Waals surface area contributed by atoms with E-state index in [0.29, 0.717) is 11.5 Å². The topological polar surface area (TPSA) is 84.3 Å². The van der Waals surface area contributed by atoms with Crippen molar-refractivity contribution in [2.75, 3.05) is 12.4 Å². The third-order valence-corrected chi connectivity index (χ3v) is 4.18. The fourth-order valence-electron chi connectivity index (χ4n) is 2.24. The standard InChI is InChI=1S/C16H11BrClN3O3/c1-24-14-6-13(11(18)5-10(14)16(22)23)21-15-9-4-8(17)2-3-12(9)19-7-20-15/h2-7H,1H3,(H,22,23)(H,19,20,21). The van der Waals surface area contributed by atoms with E-state index >= 15 is 0 Å². The van der Waals surface area contributed by atoms with Gasteiger partial charge in [0.2, 0.25) is 0 Å². The van der Waals surface area contributed by atoms with E-state index in [1.807, 2.05) is 18.2 Å². The Labute approximate surface area is 150 Å². The molecule has 0 unspecified atom stereocenters. The van der Waals surface area contributed by atoms with E-state index in [2.05, 4.69) is 31.2 Å². The molecule has 0 spiro atoms. The highest BCUT2D eigenvalue weighted by Gasteiger charge is 2.16. The van der Waals surface area contributed by atoms with Gasteiger partial charge in [-0.05, 0) is 24.3 Å². The molecule has 8 heteroatoms. The van der Waals surface area contributed by atoms with Gasteiger partial charge in [0, 0.05) is 15.9 Å². The summed E-state index contributed by atoms with van der Waals surface area (Å²) < 4.78 is 6.01. The van der Waals surface area contributed by atoms with Crippen LogP contribution in [0.1, 0.15) is 10.4 Å². The van der Waals surface area contributed by atoms with Gasteiger partial charge in [-0.25, -0.2) is 14.8 Å². The molecule has 0 aliphatic carbocycles. The number of aromatic carboxylic acids is 1. The van der Waals surface area contributed by atoms with Crippen LogP contribution in [0.5, 0.6) is 5.75 Å². The van der Waals surface area contributed by atoms with E-state index in [9.17, 15) is 9.90 Å². The molecule has 24 heavy (non-hydrogen) atoms. The summed E-state index contributed by atoms with van der Waals surface area (Å²) in [4.78, 5) is 19.7. The quantitative estimate of drug-likeness (QED) is 0.661. The van der Waals surface area contributed by atoms with Crippen molar-refractivity contribution in [1.82, 2.24) is 9.97 Å². The van der Waals surface area contributed by atoms with E-state index in [4.69, 9.17) is 16.3 Å². The van der Waals surface area contributed by atoms with Crippen molar-refractivity contribution in [3.05, 3.63) is 51.7 Å². The lowest BCUT2D eigenvalue weighted by molar-refractivity contribution is 0.0693. The Morgan fingerprint density at radius 3 is 2.79 bits per heavy atom. The Kier molecular flexibility index (Phi) is 4.55. The van der Waals surface area contributed by atoms with Crippen LogP contribution in [0, 0.1) is 0 Å². The van der Waals surface area contributed by atoms with Crippen LogP contribution in [0.4, 0.5) is 11.5 Å². The van der Waals surface area contributed by atoms with Gasteiger partial charge in [-0.3, -0.25) is 0 Å². The lowest BCUT2D eigenvalue weighted by Gasteiger charge is -2.13. The number of anilines is 2. The number of rotatable bonds is 4. The minimum absolute atomic E-state index is 0.0108. The number of carboxylic acids is 1. The number of ether oxygens (including phenoxy) is 1. The maximum Gasteiger partial charge on any atom is 0.339 e. The maximum absolute atomic E-state index is 11.2. The molecule has 2 aromatic carbocycles. The minimum Gasteiger partial charge on any atom is -0.496 e. The molecule has 2 N–H and O–H groups in total. The summed E-state index contributed by atoms with van der Waals surface area (Å²) in [6, 6.07) is 8.50. The minimum atomic E-state index is -1.11. The first-order valence-corrected chi connectivity index (χ1v) is 7.95. The Hall–Kier alpha value is -2.38. The fraction of sp³-hybridized carbons (Fsp3) is 0.0625. The molecule has 0 saturated heterocycles. The highest BCUT2D eigenvalue weighted by atomic mass is 79.9. The summed E-state index contributed by atoms with van der Waals surface area (Å²) in [5, 5.41) is 13.3. The van der Waals surface area contributed by atoms with E-state index in [-0.39, 0.29) is 16.3 Å². The summed E-state index contributed by atoms with van der Waals surface area (Å²) >= 11 is 9.62. The zero-order valence-electron chi connectivity index (χ0n) is 12.4. The number of fused-ring (bicyclic) bond motifs is 1. The van der Waals surface area contributed by atoms with Crippen molar-refractivity contribution < 1.29 is 14.6 Å². The Bertz CT molecular complexity index is 949. The van der Waals surface area contributed by atoms with Crippen molar-refractivity contribution in [3.8, 4) is 5.75 Å². The van der Waals surface area contributed by atoms with E-state index in [1.165, 1.54) is 25.6 Å². The summed E-state index contributed by atoms with van der Waals surface area (Å²) in [7, 11) is 1.40. The Morgan fingerprint density at radius 1 is 1.29 bits per heavy atom. The van der Waals surface area contributed by atoms with Crippen molar-refractivity contribution in [1.29, 1.82) is 0 Å². The molecule has 0 saturated carbocycles. The van der Waals surface area contributed by atoms with Gasteiger partial charge in [0.15, 0.2) is 0 Å². The van der Waals surface area contributed by atoms with Crippen LogP contribution in [0.15, 0.2) is 41.1 Å². The molecule has 3 aromatic rings. The molecule has 0 aliphatic rings. The third kappa shape index (κ3) is 3.13. The van der Waals surface area contributed by atoms with Crippen LogP contribution < -0.4 is 10.1 Å². The number of nitrogens with one attached hydrogen (secondary N) is 1. The summed E-state index contributed by atoms with van der Waals surface area (Å²) in [6.45, 7) is 0. The molecule has 1 aromatic heterocycles. The SMILES string of the molecule is COc1cc(Nc2ncnc3ccc(Br)cc23)c(Cl)cc1C(=O)O. The maximum atomic E-state index is 11.2. The predicted molar refractivity (Wildman–Crippen MR) is 95.5 cm³/mol. The highest BCUT2D eigenvalue weighted by Crippen LogP contribution is 2.34. The molecule has 0 bridgehead atoms. The van der Waals surface area contributed by atoms with Crippen molar-refractivity contribution in [2.45, 2.75) is 0 Å². The van der Waals surface area contributed by atoms with Crippen LogP contribution in [0.2, 0.25) is 5.02 Å². The van der Waals surface area contributed by atoms with Crippen LogP contribution in [-0.2, 0) is 0 Å². The number of nitrogens with zero attached hydrogens (tertiary/aromatic N) is 2. The molecule has 122 valence electrons. The molecule has 0 fully saturated rings. The molecule has 0 amide bonds. The largest absolute Gasteiger partial charge is 0.496 e. The average Bonchev–Trinajstić information content (AvgIpc) is 2.56. The first kappa shape index (κ1) is 16.5. The van der Waals surface area contributed by atoms with Gasteiger partial charge < -0.3 is 15.2 Å². The van der Waals surface area contributed by atoms with Crippen LogP contribution >= 0.6 is 27.5 Å². The lowest BCUT2D eigenvalue weighted by atomic mass is 10.1. The van der Waals surface area contributed by atoms with Crippen LogP contribution in [-0.4, -0.2) is 28.2 Å². The van der Waals surface area contributed by atoms with E-state index in [0.717, 1.165) is 15.4 Å². The number of methoxy groups -OCH3 is 1. The number of aromatic nitrogens is 2. The molecular weight excluding hydrogens is 398 g/mol. The Balaban J connectivity index is 2.09. The monoisotopic (exact) mass is 407 g/mol. The van der Waals surface area contributed by atoms with Gasteiger partial charge in [-0.2, -0.15) is 0 Å². The van der Waals surface area contributed by atoms with Crippen molar-refractivity contribution >= 4 is 55.9 Å². The van der Waals surface area contributed by atoms with Gasteiger partial charge in [0.1, 0.15) is 23.5 Å². The van der Waals surface area contributed by atoms with E-state index in [1.54, 1.807) is 0 Å². The number of carboxylic acid groups (broad SMARTS) is 1. The highest BCUT2D eigenvalue weighted by molar-refractivity contribution is 9.10. The molecule has 6 nitrogen and oxygen atoms in total. The van der Waals surface area contributed by atoms with Crippen molar-refractivity contribution in [2.24, 2.45) is 0 Å². The molecule has 1 heterocycles. The van der Waals surface area contributed by atoms with E-state index < -0.39 is 5.97 Å². The molecule has 0 atom stereocenters. The zero-order chi connectivity index (χ0) is 17.3. The predicted octanol–water partition coefficient (Wildman–Crippen LogP) is 4.50. The van der Waals surface area contributed by atoms with Gasteiger partial charge >= 0.3 is 5.97 Å². The zero-order valence-corrected chi connectivity index (χ0v) is 14.7. The van der Waals surface area contributed by atoms with Crippen molar-refractivity contribution in [3.63, 3.8) is 0 Å². The lowest BCUT2D eigenvalue weighted by Crippen LogP contribution is -2.03. The summed E-state index contributed by atoms with van der Waals surface area (Å²) in [6.07, 6.45) is 1.44. The number of hydrogen-bond donors (Lipinski definition) is 2. The summed E-state index contributed by atoms with van der Waals surface area (Å²) in [5.74, 6) is -0.362. The first-order chi connectivity index (χ1) is 11.5. The third-order valence-electron chi connectivity index (χ3n) is 3.37. The number of carbonyl (C=O) groups is 1. The number of benzene rings is 2. The van der Waals surface area contributed by atoms with Crippen LogP contribution in [0.3, 0.4) is 0 Å². The van der Waals surface area contributed by atoms with Crippen LogP contribution in [0.25, 0.3) is 10.9 Å². The Morgan fingerprint density at radius 2 is 2.08 bits per heavy atom. The van der Waals surface area contributed by atoms with Gasteiger partial charge in [0.05, 0.1) is 23.3 Å².